The zero-order valence-corrected chi connectivity index (χ0v) is 17.8. The van der Waals surface area contributed by atoms with Gasteiger partial charge in [-0.2, -0.15) is 8.61 Å². The highest BCUT2D eigenvalue weighted by Gasteiger charge is 2.33. The highest BCUT2D eigenvalue weighted by atomic mass is 35.5. The van der Waals surface area contributed by atoms with Crippen molar-refractivity contribution in [1.29, 1.82) is 0 Å². The Morgan fingerprint density at radius 3 is 2.04 bits per heavy atom. The van der Waals surface area contributed by atoms with Crippen LogP contribution in [-0.4, -0.2) is 51.6 Å². The lowest BCUT2D eigenvalue weighted by molar-refractivity contribution is 0.275. The Bertz CT molecular complexity index is 1080. The van der Waals surface area contributed by atoms with E-state index in [9.17, 15) is 16.8 Å². The first kappa shape index (κ1) is 21.3. The standard InChI is InChI=1S/C18H18Cl2N2O4S2/c19-16-7-4-8-17(18(16)20)28(25,26)22-12-10-21(11-13-22)27(23,24)14-9-15-5-2-1-3-6-15/h1-9,14H,10-13H2/b14-9+. The number of halogens is 2. The fraction of sp³-hybridized carbons (Fsp3) is 0.222. The summed E-state index contributed by atoms with van der Waals surface area (Å²) in [6.45, 7) is 0.172. The van der Waals surface area contributed by atoms with Gasteiger partial charge in [-0.3, -0.25) is 0 Å². The smallest absolute Gasteiger partial charge is 0.208 e. The molecule has 1 heterocycles. The van der Waals surface area contributed by atoms with E-state index in [0.717, 1.165) is 11.0 Å². The molecule has 2 aromatic carbocycles. The Morgan fingerprint density at radius 2 is 1.39 bits per heavy atom. The third kappa shape index (κ3) is 4.59. The minimum absolute atomic E-state index is 0.0313. The summed E-state index contributed by atoms with van der Waals surface area (Å²) in [5.41, 5.74) is 0.767. The lowest BCUT2D eigenvalue weighted by Crippen LogP contribution is -2.50. The van der Waals surface area contributed by atoms with Crippen molar-refractivity contribution in [3.63, 3.8) is 0 Å². The molecule has 1 aliphatic heterocycles. The Labute approximate surface area is 175 Å². The fourth-order valence-corrected chi connectivity index (χ4v) is 6.13. The van der Waals surface area contributed by atoms with Gasteiger partial charge in [0, 0.05) is 31.6 Å². The first-order valence-corrected chi connectivity index (χ1v) is 12.1. The molecule has 0 amide bonds. The van der Waals surface area contributed by atoms with Crippen LogP contribution in [0, 0.1) is 0 Å². The van der Waals surface area contributed by atoms with E-state index in [4.69, 9.17) is 23.2 Å². The lowest BCUT2D eigenvalue weighted by Gasteiger charge is -2.32. The van der Waals surface area contributed by atoms with Gasteiger partial charge in [0.2, 0.25) is 20.0 Å². The van der Waals surface area contributed by atoms with Gasteiger partial charge in [0.25, 0.3) is 0 Å². The molecule has 0 aliphatic carbocycles. The van der Waals surface area contributed by atoms with Crippen LogP contribution in [0.1, 0.15) is 5.56 Å². The molecule has 1 aliphatic rings. The first-order chi connectivity index (χ1) is 13.2. The summed E-state index contributed by atoms with van der Waals surface area (Å²) in [4.78, 5) is -0.0815. The number of sulfonamides is 2. The normalized spacial score (nSPS) is 17.2. The molecule has 2 aromatic rings. The second-order valence-corrected chi connectivity index (χ2v) is 10.6. The average molecular weight is 461 g/mol. The van der Waals surface area contributed by atoms with Gasteiger partial charge in [-0.05, 0) is 23.8 Å². The third-order valence-corrected chi connectivity index (χ3v) is 8.76. The molecule has 3 rings (SSSR count). The zero-order valence-electron chi connectivity index (χ0n) is 14.7. The highest BCUT2D eigenvalue weighted by molar-refractivity contribution is 7.92. The molecular formula is C18H18Cl2N2O4S2. The number of piperazine rings is 1. The maximum atomic E-state index is 12.8. The summed E-state index contributed by atoms with van der Waals surface area (Å²) in [7, 11) is -7.51. The minimum Gasteiger partial charge on any atom is -0.208 e. The van der Waals surface area contributed by atoms with Crippen LogP contribution in [0.25, 0.3) is 6.08 Å². The van der Waals surface area contributed by atoms with Crippen molar-refractivity contribution in [2.24, 2.45) is 0 Å². The van der Waals surface area contributed by atoms with E-state index >= 15 is 0 Å². The van der Waals surface area contributed by atoms with Gasteiger partial charge in [-0.15, -0.1) is 0 Å². The second-order valence-electron chi connectivity index (χ2n) is 6.11. The second kappa shape index (κ2) is 8.52. The van der Waals surface area contributed by atoms with Gasteiger partial charge in [0.1, 0.15) is 4.90 Å². The highest BCUT2D eigenvalue weighted by Crippen LogP contribution is 2.31. The van der Waals surface area contributed by atoms with E-state index in [-0.39, 0.29) is 41.1 Å². The van der Waals surface area contributed by atoms with Crippen molar-refractivity contribution in [1.82, 2.24) is 8.61 Å². The van der Waals surface area contributed by atoms with Gasteiger partial charge in [0.05, 0.1) is 10.0 Å². The van der Waals surface area contributed by atoms with Gasteiger partial charge < -0.3 is 0 Å². The molecule has 0 unspecified atom stereocenters. The van der Waals surface area contributed by atoms with E-state index < -0.39 is 20.0 Å². The molecule has 0 aromatic heterocycles. The molecule has 0 bridgehead atoms. The summed E-state index contributed by atoms with van der Waals surface area (Å²) in [6.07, 6.45) is 1.52. The fourth-order valence-electron chi connectivity index (χ4n) is 2.80. The maximum Gasteiger partial charge on any atom is 0.244 e. The summed E-state index contributed by atoms with van der Waals surface area (Å²) in [6, 6.07) is 13.5. The van der Waals surface area contributed by atoms with E-state index in [1.807, 2.05) is 18.2 Å². The lowest BCUT2D eigenvalue weighted by atomic mass is 10.2. The summed E-state index contributed by atoms with van der Waals surface area (Å²) < 4.78 is 53.2. The molecule has 0 radical (unpaired) electrons. The summed E-state index contributed by atoms with van der Waals surface area (Å²) in [5.74, 6) is 0. The average Bonchev–Trinajstić information content (AvgIpc) is 2.69. The van der Waals surface area contributed by atoms with Crippen molar-refractivity contribution in [2.45, 2.75) is 4.90 Å². The number of hydrogen-bond acceptors (Lipinski definition) is 4. The predicted molar refractivity (Wildman–Crippen MR) is 111 cm³/mol. The van der Waals surface area contributed by atoms with Crippen LogP contribution in [-0.2, 0) is 20.0 Å². The molecular weight excluding hydrogens is 443 g/mol. The van der Waals surface area contributed by atoms with Crippen molar-refractivity contribution in [3.8, 4) is 0 Å². The molecule has 0 saturated carbocycles. The van der Waals surface area contributed by atoms with Gasteiger partial charge in [0.15, 0.2) is 0 Å². The van der Waals surface area contributed by atoms with Crippen LogP contribution in [0.4, 0.5) is 0 Å². The van der Waals surface area contributed by atoms with Crippen molar-refractivity contribution >= 4 is 49.3 Å². The van der Waals surface area contributed by atoms with Crippen LogP contribution in [0.5, 0.6) is 0 Å². The molecule has 1 saturated heterocycles. The van der Waals surface area contributed by atoms with Crippen LogP contribution in [0.15, 0.2) is 58.8 Å². The number of rotatable bonds is 5. The molecule has 1 fully saturated rings. The maximum absolute atomic E-state index is 12.8. The Balaban J connectivity index is 1.71. The zero-order chi connectivity index (χ0) is 20.4. The largest absolute Gasteiger partial charge is 0.244 e. The van der Waals surface area contributed by atoms with E-state index in [0.29, 0.717) is 0 Å². The number of hydrogen-bond donors (Lipinski definition) is 0. The molecule has 28 heavy (non-hydrogen) atoms. The van der Waals surface area contributed by atoms with E-state index in [1.165, 1.54) is 32.9 Å². The van der Waals surface area contributed by atoms with E-state index in [1.54, 1.807) is 12.1 Å². The quantitative estimate of drug-likeness (QED) is 0.685. The van der Waals surface area contributed by atoms with Crippen LogP contribution >= 0.6 is 23.2 Å². The summed E-state index contributed by atoms with van der Waals surface area (Å²) in [5, 5.41) is 1.25. The molecule has 0 N–H and O–H groups in total. The van der Waals surface area contributed by atoms with Crippen LogP contribution < -0.4 is 0 Å². The number of nitrogens with zero attached hydrogens (tertiary/aromatic N) is 2. The molecule has 0 spiro atoms. The monoisotopic (exact) mass is 460 g/mol. The van der Waals surface area contributed by atoms with Gasteiger partial charge in [-0.1, -0.05) is 59.6 Å². The molecule has 10 heteroatoms. The minimum atomic E-state index is -3.86. The van der Waals surface area contributed by atoms with Crippen molar-refractivity contribution in [3.05, 3.63) is 69.5 Å². The predicted octanol–water partition coefficient (Wildman–Crippen LogP) is 3.30. The van der Waals surface area contributed by atoms with Crippen LogP contribution in [0.3, 0.4) is 0 Å². The van der Waals surface area contributed by atoms with Crippen LogP contribution in [0.2, 0.25) is 10.0 Å². The topological polar surface area (TPSA) is 74.8 Å². The van der Waals surface area contributed by atoms with Crippen molar-refractivity contribution in [2.75, 3.05) is 26.2 Å². The van der Waals surface area contributed by atoms with Crippen molar-refractivity contribution < 1.29 is 16.8 Å². The first-order valence-electron chi connectivity index (χ1n) is 8.39. The molecule has 6 nitrogen and oxygen atoms in total. The SMILES string of the molecule is O=S(=O)(/C=C/c1ccccc1)N1CCN(S(=O)(=O)c2cccc(Cl)c2Cl)CC1. The Hall–Kier alpha value is -1.42. The number of benzene rings is 2. The Kier molecular flexibility index (Phi) is 6.48. The van der Waals surface area contributed by atoms with Gasteiger partial charge >= 0.3 is 0 Å². The molecule has 150 valence electrons. The Morgan fingerprint density at radius 1 is 0.786 bits per heavy atom. The third-order valence-electron chi connectivity index (χ3n) is 4.32. The van der Waals surface area contributed by atoms with Gasteiger partial charge in [-0.25, -0.2) is 16.8 Å². The summed E-state index contributed by atoms with van der Waals surface area (Å²) >= 11 is 12.0. The molecule has 0 atom stereocenters. The van der Waals surface area contributed by atoms with E-state index in [2.05, 4.69) is 0 Å².